The van der Waals surface area contributed by atoms with Crippen LogP contribution in [-0.4, -0.2) is 0 Å². The lowest BCUT2D eigenvalue weighted by Gasteiger charge is -2.09. The molecule has 0 radical (unpaired) electrons. The summed E-state index contributed by atoms with van der Waals surface area (Å²) in [7, 11) is 0. The molecule has 1 rings (SSSR count). The van der Waals surface area contributed by atoms with E-state index < -0.39 is 11.9 Å². The summed E-state index contributed by atoms with van der Waals surface area (Å²) < 4.78 is 37.1. The quantitative estimate of drug-likeness (QED) is 0.666. The summed E-state index contributed by atoms with van der Waals surface area (Å²) in [6, 6.07) is 6.28. The van der Waals surface area contributed by atoms with Gasteiger partial charge in [-0.1, -0.05) is 38.1 Å². The first-order valence-electron chi connectivity index (χ1n) is 4.34. The van der Waals surface area contributed by atoms with Gasteiger partial charge in [0.25, 0.3) is 0 Å². The van der Waals surface area contributed by atoms with Gasteiger partial charge >= 0.3 is 6.08 Å². The zero-order valence-electron chi connectivity index (χ0n) is 8.02. The third-order valence-corrected chi connectivity index (χ3v) is 1.99. The van der Waals surface area contributed by atoms with Gasteiger partial charge in [0, 0.05) is 5.56 Å². The molecule has 0 saturated heterocycles. The molecule has 0 fully saturated rings. The van der Waals surface area contributed by atoms with Crippen molar-refractivity contribution in [2.45, 2.75) is 19.8 Å². The summed E-state index contributed by atoms with van der Waals surface area (Å²) in [5.41, 5.74) is 0.584. The van der Waals surface area contributed by atoms with Crippen LogP contribution in [-0.2, 0) is 0 Å². The average Bonchev–Trinajstić information content (AvgIpc) is 2.16. The van der Waals surface area contributed by atoms with Gasteiger partial charge in [0.1, 0.15) is 0 Å². The maximum Gasteiger partial charge on any atom is 0.306 e. The fraction of sp³-hybridized carbons (Fsp3) is 0.273. The second kappa shape index (κ2) is 4.31. The van der Waals surface area contributed by atoms with Crippen LogP contribution in [0.15, 0.2) is 30.3 Å². The van der Waals surface area contributed by atoms with Gasteiger partial charge in [-0.3, -0.25) is 0 Å². The van der Waals surface area contributed by atoms with Crippen molar-refractivity contribution in [3.63, 3.8) is 0 Å². The first-order valence-corrected chi connectivity index (χ1v) is 4.34. The smallest absolute Gasteiger partial charge is 0.200 e. The Labute approximate surface area is 81.1 Å². The lowest BCUT2D eigenvalue weighted by Crippen LogP contribution is -1.93. The normalized spacial score (nSPS) is 10.4. The van der Waals surface area contributed by atoms with Gasteiger partial charge < -0.3 is 0 Å². The average molecular weight is 200 g/mol. The highest BCUT2D eigenvalue weighted by molar-refractivity contribution is 5.63. The molecule has 76 valence electrons. The zero-order chi connectivity index (χ0) is 10.7. The van der Waals surface area contributed by atoms with Crippen LogP contribution in [0.4, 0.5) is 13.2 Å². The van der Waals surface area contributed by atoms with E-state index in [2.05, 4.69) is 0 Å². The number of benzene rings is 1. The van der Waals surface area contributed by atoms with Gasteiger partial charge in [-0.25, -0.2) is 4.39 Å². The molecule has 0 spiro atoms. The summed E-state index contributed by atoms with van der Waals surface area (Å²) in [5.74, 6) is -1.40. The van der Waals surface area contributed by atoms with Crippen molar-refractivity contribution in [1.82, 2.24) is 0 Å². The molecule has 1 aromatic carbocycles. The van der Waals surface area contributed by atoms with Crippen molar-refractivity contribution in [2.24, 2.45) is 0 Å². The molecule has 14 heavy (non-hydrogen) atoms. The summed E-state index contributed by atoms with van der Waals surface area (Å²) >= 11 is 0. The molecule has 0 N–H and O–H groups in total. The Morgan fingerprint density at radius 1 is 1.07 bits per heavy atom. The van der Waals surface area contributed by atoms with Gasteiger partial charge in [0.15, 0.2) is 5.83 Å². The predicted octanol–water partition coefficient (Wildman–Crippen LogP) is 4.34. The molecular formula is C11H11F3. The van der Waals surface area contributed by atoms with E-state index in [1.807, 2.05) is 13.8 Å². The summed E-state index contributed by atoms with van der Waals surface area (Å²) in [6.45, 7) is 3.67. The standard InChI is InChI=1S/C11H11F3/c1-7(2)8-5-3-4-6-9(8)10(12)11(13)14/h3-7H,1-2H3. The maximum absolute atomic E-state index is 13.0. The molecule has 3 heteroatoms. The molecule has 0 aliphatic heterocycles. The molecule has 1 aromatic rings. The van der Waals surface area contributed by atoms with Gasteiger partial charge in [0.2, 0.25) is 0 Å². The monoisotopic (exact) mass is 200 g/mol. The van der Waals surface area contributed by atoms with Crippen molar-refractivity contribution in [3.8, 4) is 0 Å². The summed E-state index contributed by atoms with van der Waals surface area (Å²) in [4.78, 5) is 0. The Bertz CT molecular complexity index is 349. The van der Waals surface area contributed by atoms with Crippen molar-refractivity contribution in [1.29, 1.82) is 0 Å². The fourth-order valence-corrected chi connectivity index (χ4v) is 1.30. The van der Waals surface area contributed by atoms with E-state index in [0.717, 1.165) is 0 Å². The molecule has 0 aliphatic rings. The van der Waals surface area contributed by atoms with Gasteiger partial charge in [-0.2, -0.15) is 8.78 Å². The van der Waals surface area contributed by atoms with E-state index in [1.165, 1.54) is 6.07 Å². The van der Waals surface area contributed by atoms with E-state index in [0.29, 0.717) is 5.56 Å². The molecule has 0 atom stereocenters. The first kappa shape index (κ1) is 10.8. The molecule has 0 aromatic heterocycles. The highest BCUT2D eigenvalue weighted by atomic mass is 19.3. The minimum absolute atomic E-state index is 0.0116. The summed E-state index contributed by atoms with van der Waals surface area (Å²) in [5, 5.41) is 0. The van der Waals surface area contributed by atoms with E-state index >= 15 is 0 Å². The second-order valence-corrected chi connectivity index (χ2v) is 3.32. The third kappa shape index (κ3) is 2.16. The molecule has 0 bridgehead atoms. The molecule has 0 amide bonds. The van der Waals surface area contributed by atoms with E-state index in [1.54, 1.807) is 18.2 Å². The number of rotatable bonds is 2. The topological polar surface area (TPSA) is 0 Å². The second-order valence-electron chi connectivity index (χ2n) is 3.32. The minimum atomic E-state index is -2.27. The van der Waals surface area contributed by atoms with E-state index in [4.69, 9.17) is 0 Å². The van der Waals surface area contributed by atoms with Crippen LogP contribution in [0.2, 0.25) is 0 Å². The number of halogens is 3. The lowest BCUT2D eigenvalue weighted by atomic mass is 9.97. The molecule has 0 heterocycles. The maximum atomic E-state index is 13.0. The van der Waals surface area contributed by atoms with Crippen molar-refractivity contribution >= 4 is 5.83 Å². The first-order chi connectivity index (χ1) is 6.54. The molecule has 0 saturated carbocycles. The Morgan fingerprint density at radius 2 is 1.64 bits per heavy atom. The van der Waals surface area contributed by atoms with Crippen molar-refractivity contribution < 1.29 is 13.2 Å². The van der Waals surface area contributed by atoms with Crippen LogP contribution in [0.25, 0.3) is 5.83 Å². The SMILES string of the molecule is CC(C)c1ccccc1C(F)=C(F)F. The predicted molar refractivity (Wildman–Crippen MR) is 50.8 cm³/mol. The Kier molecular flexibility index (Phi) is 3.33. The van der Waals surface area contributed by atoms with Gasteiger partial charge in [-0.15, -0.1) is 0 Å². The highest BCUT2D eigenvalue weighted by Crippen LogP contribution is 2.29. The largest absolute Gasteiger partial charge is 0.306 e. The Hall–Kier alpha value is -1.25. The molecule has 0 nitrogen and oxygen atoms in total. The van der Waals surface area contributed by atoms with Crippen molar-refractivity contribution in [3.05, 3.63) is 41.5 Å². The van der Waals surface area contributed by atoms with Gasteiger partial charge in [-0.05, 0) is 11.5 Å². The lowest BCUT2D eigenvalue weighted by molar-refractivity contribution is 0.410. The van der Waals surface area contributed by atoms with Crippen LogP contribution in [0.3, 0.4) is 0 Å². The third-order valence-electron chi connectivity index (χ3n) is 1.99. The van der Waals surface area contributed by atoms with Crippen LogP contribution in [0, 0.1) is 0 Å². The van der Waals surface area contributed by atoms with Crippen LogP contribution < -0.4 is 0 Å². The Balaban J connectivity index is 3.28. The van der Waals surface area contributed by atoms with Crippen molar-refractivity contribution in [2.75, 3.05) is 0 Å². The molecule has 0 aliphatic carbocycles. The minimum Gasteiger partial charge on any atom is -0.200 e. The summed E-state index contributed by atoms with van der Waals surface area (Å²) in [6.07, 6.45) is -2.27. The number of hydrogen-bond acceptors (Lipinski definition) is 0. The number of hydrogen-bond donors (Lipinski definition) is 0. The van der Waals surface area contributed by atoms with Crippen LogP contribution >= 0.6 is 0 Å². The van der Waals surface area contributed by atoms with Crippen LogP contribution in [0.1, 0.15) is 30.9 Å². The van der Waals surface area contributed by atoms with Gasteiger partial charge in [0.05, 0.1) is 0 Å². The molecule has 0 unspecified atom stereocenters. The van der Waals surface area contributed by atoms with E-state index in [-0.39, 0.29) is 11.5 Å². The highest BCUT2D eigenvalue weighted by Gasteiger charge is 2.14. The Morgan fingerprint density at radius 3 is 2.14 bits per heavy atom. The van der Waals surface area contributed by atoms with E-state index in [9.17, 15) is 13.2 Å². The van der Waals surface area contributed by atoms with Crippen LogP contribution in [0.5, 0.6) is 0 Å². The molecular weight excluding hydrogens is 189 g/mol. The fourth-order valence-electron chi connectivity index (χ4n) is 1.30. The zero-order valence-corrected chi connectivity index (χ0v) is 8.02.